The van der Waals surface area contributed by atoms with E-state index in [1.807, 2.05) is 30.3 Å². The van der Waals surface area contributed by atoms with Gasteiger partial charge in [0, 0.05) is 12.0 Å². The van der Waals surface area contributed by atoms with Crippen LogP contribution in [0.1, 0.15) is 0 Å². The topological polar surface area (TPSA) is 35.5 Å². The van der Waals surface area contributed by atoms with Crippen LogP contribution in [0.4, 0.5) is 0 Å². The number of hydrogen-bond donors (Lipinski definition) is 0. The van der Waals surface area contributed by atoms with Gasteiger partial charge >= 0.3 is 0 Å². The minimum atomic E-state index is -0.967. The molecule has 0 spiro atoms. The Morgan fingerprint density at radius 3 is 2.64 bits per heavy atom. The van der Waals surface area contributed by atoms with Crippen molar-refractivity contribution in [2.45, 2.75) is 4.90 Å². The molecule has 0 N–H and O–H groups in total. The maximum Gasteiger partial charge on any atom is 0.146 e. The molecular formula is C10H14O3S. The summed E-state index contributed by atoms with van der Waals surface area (Å²) in [7, 11) is 0.596. The van der Waals surface area contributed by atoms with Crippen LogP contribution < -0.4 is 0 Å². The molecule has 0 fully saturated rings. The van der Waals surface area contributed by atoms with Gasteiger partial charge in [-0.25, -0.2) is 0 Å². The van der Waals surface area contributed by atoms with Crippen molar-refractivity contribution in [1.82, 2.24) is 0 Å². The van der Waals surface area contributed by atoms with Gasteiger partial charge in [-0.2, -0.15) is 0 Å². The summed E-state index contributed by atoms with van der Waals surface area (Å²) >= 11 is 0. The Morgan fingerprint density at radius 1 is 1.29 bits per heavy atom. The molecule has 4 heteroatoms. The molecule has 3 nitrogen and oxygen atoms in total. The van der Waals surface area contributed by atoms with E-state index in [0.717, 1.165) is 4.90 Å². The van der Waals surface area contributed by atoms with Crippen molar-refractivity contribution in [3.8, 4) is 0 Å². The molecule has 0 aromatic heterocycles. The summed E-state index contributed by atoms with van der Waals surface area (Å²) in [5.41, 5.74) is 0. The van der Waals surface area contributed by atoms with Gasteiger partial charge < -0.3 is 9.47 Å². The highest BCUT2D eigenvalue weighted by Crippen LogP contribution is 2.04. The van der Waals surface area contributed by atoms with Gasteiger partial charge in [0.05, 0.1) is 23.2 Å². The Labute approximate surface area is 86.5 Å². The van der Waals surface area contributed by atoms with Crippen molar-refractivity contribution in [1.29, 1.82) is 0 Å². The highest BCUT2D eigenvalue weighted by molar-refractivity contribution is 7.85. The molecule has 1 atom stereocenters. The summed E-state index contributed by atoms with van der Waals surface area (Å²) in [6.45, 7) is 0.710. The van der Waals surface area contributed by atoms with E-state index >= 15 is 0 Å². The second kappa shape index (κ2) is 6.70. The van der Waals surface area contributed by atoms with Crippen LogP contribution in [0.5, 0.6) is 0 Å². The van der Waals surface area contributed by atoms with Crippen LogP contribution in [0.25, 0.3) is 0 Å². The van der Waals surface area contributed by atoms with Crippen LogP contribution in [0.3, 0.4) is 0 Å². The van der Waals surface area contributed by atoms with E-state index in [2.05, 4.69) is 0 Å². The Morgan fingerprint density at radius 2 is 2.00 bits per heavy atom. The first kappa shape index (κ1) is 11.4. The van der Waals surface area contributed by atoms with Crippen LogP contribution in [0, 0.1) is 0 Å². The number of methoxy groups -OCH3 is 1. The van der Waals surface area contributed by atoms with Crippen LogP contribution in [0.15, 0.2) is 35.2 Å². The first-order chi connectivity index (χ1) is 6.84. The summed E-state index contributed by atoms with van der Waals surface area (Å²) < 4.78 is 21.4. The summed E-state index contributed by atoms with van der Waals surface area (Å²) in [6, 6.07) is 9.37. The molecule has 1 aromatic rings. The highest BCUT2D eigenvalue weighted by Gasteiger charge is 2.01. The van der Waals surface area contributed by atoms with Gasteiger partial charge in [-0.15, -0.1) is 0 Å². The molecular weight excluding hydrogens is 200 g/mol. The van der Waals surface area contributed by atoms with Gasteiger partial charge in [-0.05, 0) is 12.1 Å². The van der Waals surface area contributed by atoms with Crippen molar-refractivity contribution in [3.63, 3.8) is 0 Å². The second-order valence-electron chi connectivity index (χ2n) is 2.68. The first-order valence-electron chi connectivity index (χ1n) is 4.34. The van der Waals surface area contributed by atoms with E-state index in [0.29, 0.717) is 12.4 Å². The molecule has 0 heterocycles. The standard InChI is InChI=1S/C10H14O3S/c1-12-9-13-7-8-14(11)10-5-3-2-4-6-10/h2-6H,7-9H2,1H3. The van der Waals surface area contributed by atoms with Gasteiger partial charge in [0.15, 0.2) is 0 Å². The molecule has 0 saturated carbocycles. The number of ether oxygens (including phenoxy) is 2. The lowest BCUT2D eigenvalue weighted by Gasteiger charge is -2.02. The smallest absolute Gasteiger partial charge is 0.146 e. The third kappa shape index (κ3) is 4.00. The summed E-state index contributed by atoms with van der Waals surface area (Å²) in [5, 5.41) is 0. The van der Waals surface area contributed by atoms with Gasteiger partial charge in [0.1, 0.15) is 6.79 Å². The Kier molecular flexibility index (Phi) is 5.44. The first-order valence-corrected chi connectivity index (χ1v) is 5.66. The Bertz CT molecular complexity index is 274. The zero-order valence-electron chi connectivity index (χ0n) is 8.14. The minimum absolute atomic E-state index is 0.256. The van der Waals surface area contributed by atoms with E-state index in [1.165, 1.54) is 0 Å². The molecule has 0 radical (unpaired) electrons. The largest absolute Gasteiger partial charge is 0.359 e. The van der Waals surface area contributed by atoms with Crippen LogP contribution in [-0.4, -0.2) is 30.5 Å². The van der Waals surface area contributed by atoms with Crippen molar-refractivity contribution in [3.05, 3.63) is 30.3 Å². The molecule has 1 rings (SSSR count). The highest BCUT2D eigenvalue weighted by atomic mass is 32.2. The Hall–Kier alpha value is -0.710. The maximum absolute atomic E-state index is 11.6. The predicted molar refractivity (Wildman–Crippen MR) is 55.5 cm³/mol. The minimum Gasteiger partial charge on any atom is -0.359 e. The van der Waals surface area contributed by atoms with E-state index in [9.17, 15) is 4.21 Å². The Balaban J connectivity index is 2.29. The number of benzene rings is 1. The maximum atomic E-state index is 11.6. The lowest BCUT2D eigenvalue weighted by atomic mass is 10.4. The molecule has 14 heavy (non-hydrogen) atoms. The SMILES string of the molecule is COCOCCS(=O)c1ccccc1. The molecule has 78 valence electrons. The van der Waals surface area contributed by atoms with E-state index in [4.69, 9.17) is 9.47 Å². The fourth-order valence-corrected chi connectivity index (χ4v) is 1.93. The number of hydrogen-bond acceptors (Lipinski definition) is 3. The molecule has 1 unspecified atom stereocenters. The molecule has 0 bridgehead atoms. The zero-order chi connectivity index (χ0) is 10.2. The van der Waals surface area contributed by atoms with Crippen molar-refractivity contribution in [2.24, 2.45) is 0 Å². The lowest BCUT2D eigenvalue weighted by Crippen LogP contribution is -2.07. The fourth-order valence-electron chi connectivity index (χ4n) is 0.967. The van der Waals surface area contributed by atoms with Crippen molar-refractivity contribution in [2.75, 3.05) is 26.3 Å². The third-order valence-electron chi connectivity index (χ3n) is 1.62. The third-order valence-corrected chi connectivity index (χ3v) is 2.96. The summed E-state index contributed by atoms with van der Waals surface area (Å²) in [4.78, 5) is 0.841. The van der Waals surface area contributed by atoms with Crippen LogP contribution >= 0.6 is 0 Å². The number of rotatable bonds is 6. The average Bonchev–Trinajstić information content (AvgIpc) is 2.25. The molecule has 0 amide bonds. The van der Waals surface area contributed by atoms with Gasteiger partial charge in [-0.1, -0.05) is 18.2 Å². The lowest BCUT2D eigenvalue weighted by molar-refractivity contribution is -0.0240. The fraction of sp³-hybridized carbons (Fsp3) is 0.400. The van der Waals surface area contributed by atoms with Crippen LogP contribution in [0.2, 0.25) is 0 Å². The quantitative estimate of drug-likeness (QED) is 0.530. The monoisotopic (exact) mass is 214 g/mol. The average molecular weight is 214 g/mol. The summed E-state index contributed by atoms with van der Waals surface area (Å²) in [6.07, 6.45) is 0. The van der Waals surface area contributed by atoms with E-state index in [1.54, 1.807) is 7.11 Å². The van der Waals surface area contributed by atoms with Crippen LogP contribution in [-0.2, 0) is 20.3 Å². The molecule has 0 aliphatic rings. The van der Waals surface area contributed by atoms with E-state index in [-0.39, 0.29) is 6.79 Å². The van der Waals surface area contributed by atoms with Gasteiger partial charge in [0.2, 0.25) is 0 Å². The molecule has 0 aliphatic carbocycles. The van der Waals surface area contributed by atoms with Crippen molar-refractivity contribution < 1.29 is 13.7 Å². The summed E-state index contributed by atoms with van der Waals surface area (Å²) in [5.74, 6) is 0.507. The molecule has 0 aliphatic heterocycles. The zero-order valence-corrected chi connectivity index (χ0v) is 8.96. The van der Waals surface area contributed by atoms with E-state index < -0.39 is 10.8 Å². The normalized spacial score (nSPS) is 12.6. The van der Waals surface area contributed by atoms with Crippen molar-refractivity contribution >= 4 is 10.8 Å². The second-order valence-corrected chi connectivity index (χ2v) is 4.25. The van der Waals surface area contributed by atoms with Gasteiger partial charge in [-0.3, -0.25) is 4.21 Å². The molecule has 1 aromatic carbocycles. The van der Waals surface area contributed by atoms with Gasteiger partial charge in [0.25, 0.3) is 0 Å². The molecule has 0 saturated heterocycles. The predicted octanol–water partition coefficient (Wildman–Crippen LogP) is 1.41.